The molecule has 2 amide bonds. The zero-order valence-electron chi connectivity index (χ0n) is 15.3. The molecule has 7 nitrogen and oxygen atoms in total. The monoisotopic (exact) mass is 390 g/mol. The lowest BCUT2D eigenvalue weighted by Crippen LogP contribution is -2.49. The summed E-state index contributed by atoms with van der Waals surface area (Å²) < 4.78 is 32.2. The highest BCUT2D eigenvalue weighted by Crippen LogP contribution is 2.21. The van der Waals surface area contributed by atoms with Crippen LogP contribution >= 0.6 is 0 Å². The van der Waals surface area contributed by atoms with Gasteiger partial charge in [-0.25, -0.2) is 18.4 Å². The van der Waals surface area contributed by atoms with E-state index in [1.807, 2.05) is 12.1 Å². The largest absolute Gasteiger partial charge is 0.465 e. The first-order chi connectivity index (χ1) is 13.5. The van der Waals surface area contributed by atoms with Gasteiger partial charge in [-0.15, -0.1) is 0 Å². The molecule has 1 aliphatic heterocycles. The molecule has 1 aromatic heterocycles. The van der Waals surface area contributed by atoms with Crippen molar-refractivity contribution >= 4 is 17.7 Å². The summed E-state index contributed by atoms with van der Waals surface area (Å²) in [4.78, 5) is 31.7. The molecule has 0 aliphatic carbocycles. The topological polar surface area (TPSA) is 74.8 Å². The van der Waals surface area contributed by atoms with Crippen LogP contribution in [0, 0.1) is 11.6 Å². The van der Waals surface area contributed by atoms with Gasteiger partial charge in [-0.05, 0) is 23.8 Å². The maximum atomic E-state index is 14.0. The van der Waals surface area contributed by atoms with E-state index in [0.717, 1.165) is 25.3 Å². The van der Waals surface area contributed by atoms with Gasteiger partial charge in [-0.3, -0.25) is 9.88 Å². The van der Waals surface area contributed by atoms with Crippen molar-refractivity contribution in [3.05, 3.63) is 59.4 Å². The fourth-order valence-electron chi connectivity index (χ4n) is 2.96. The lowest BCUT2D eigenvalue weighted by Gasteiger charge is -2.34. The molecule has 1 N–H and O–H groups in total. The fourth-order valence-corrected chi connectivity index (χ4v) is 2.96. The molecule has 2 heterocycles. The second kappa shape index (κ2) is 8.75. The van der Waals surface area contributed by atoms with Crippen molar-refractivity contribution in [1.82, 2.24) is 14.8 Å². The first-order valence-electron chi connectivity index (χ1n) is 8.72. The number of pyridine rings is 1. The summed E-state index contributed by atoms with van der Waals surface area (Å²) in [5.74, 6) is -2.96. The molecular weight excluding hydrogens is 370 g/mol. The number of halogens is 2. The van der Waals surface area contributed by atoms with E-state index in [1.165, 1.54) is 0 Å². The number of aromatic nitrogens is 1. The first kappa shape index (κ1) is 19.7. The minimum absolute atomic E-state index is 0.272. The first-order valence-corrected chi connectivity index (χ1v) is 8.72. The molecule has 9 heteroatoms. The van der Waals surface area contributed by atoms with E-state index in [1.54, 1.807) is 17.3 Å². The van der Waals surface area contributed by atoms with Crippen LogP contribution in [0.3, 0.4) is 0 Å². The third kappa shape index (κ3) is 4.61. The number of urea groups is 1. The van der Waals surface area contributed by atoms with Crippen LogP contribution in [-0.4, -0.2) is 60.1 Å². The Morgan fingerprint density at radius 1 is 1.11 bits per heavy atom. The normalized spacial score (nSPS) is 14.6. The van der Waals surface area contributed by atoms with Crippen LogP contribution in [0.15, 0.2) is 36.7 Å². The van der Waals surface area contributed by atoms with Gasteiger partial charge < -0.3 is 15.0 Å². The predicted octanol–water partition coefficient (Wildman–Crippen LogP) is 2.50. The number of anilines is 1. The molecule has 2 aromatic rings. The fraction of sp³-hybridized carbons (Fsp3) is 0.316. The van der Waals surface area contributed by atoms with Crippen molar-refractivity contribution in [3.63, 3.8) is 0 Å². The van der Waals surface area contributed by atoms with Gasteiger partial charge in [-0.1, -0.05) is 0 Å². The van der Waals surface area contributed by atoms with E-state index >= 15 is 0 Å². The van der Waals surface area contributed by atoms with Gasteiger partial charge in [0, 0.05) is 51.2 Å². The Morgan fingerprint density at radius 3 is 2.43 bits per heavy atom. The zero-order valence-corrected chi connectivity index (χ0v) is 15.3. The molecule has 0 atom stereocenters. The predicted molar refractivity (Wildman–Crippen MR) is 97.8 cm³/mol. The molecule has 0 saturated carbocycles. The SMILES string of the molecule is COC(=O)c1cc(NC(=O)N2CCN(Cc3ccncc3)CC2)c(F)cc1F. The van der Waals surface area contributed by atoms with E-state index in [9.17, 15) is 18.4 Å². The number of nitrogens with zero attached hydrogens (tertiary/aromatic N) is 3. The van der Waals surface area contributed by atoms with Crippen molar-refractivity contribution < 1.29 is 23.1 Å². The number of carbonyl (C=O) groups is 2. The minimum atomic E-state index is -1.05. The molecule has 1 aliphatic rings. The van der Waals surface area contributed by atoms with Gasteiger partial charge in [0.15, 0.2) is 0 Å². The van der Waals surface area contributed by atoms with Crippen molar-refractivity contribution in [1.29, 1.82) is 0 Å². The van der Waals surface area contributed by atoms with Crippen LogP contribution in [0.25, 0.3) is 0 Å². The molecule has 28 heavy (non-hydrogen) atoms. The van der Waals surface area contributed by atoms with Crippen molar-refractivity contribution in [2.45, 2.75) is 6.54 Å². The van der Waals surface area contributed by atoms with E-state index < -0.39 is 29.2 Å². The van der Waals surface area contributed by atoms with Crippen LogP contribution in [0.1, 0.15) is 15.9 Å². The summed E-state index contributed by atoms with van der Waals surface area (Å²) in [6.07, 6.45) is 3.47. The third-order valence-electron chi connectivity index (χ3n) is 4.52. The van der Waals surface area contributed by atoms with Crippen molar-refractivity contribution in [3.8, 4) is 0 Å². The molecule has 148 valence electrons. The molecule has 0 spiro atoms. The summed E-state index contributed by atoms with van der Waals surface area (Å²) >= 11 is 0. The number of amides is 2. The average Bonchev–Trinajstić information content (AvgIpc) is 2.70. The smallest absolute Gasteiger partial charge is 0.340 e. The number of hydrogen-bond acceptors (Lipinski definition) is 5. The Balaban J connectivity index is 1.59. The Labute approximate surface area is 160 Å². The van der Waals surface area contributed by atoms with Crippen molar-refractivity contribution in [2.24, 2.45) is 0 Å². The summed E-state index contributed by atoms with van der Waals surface area (Å²) in [6, 6.07) is 4.86. The summed E-state index contributed by atoms with van der Waals surface area (Å²) in [6.45, 7) is 3.00. The van der Waals surface area contributed by atoms with Gasteiger partial charge in [0.25, 0.3) is 0 Å². The van der Waals surface area contributed by atoms with Gasteiger partial charge in [0.1, 0.15) is 11.6 Å². The molecule has 1 saturated heterocycles. The number of hydrogen-bond donors (Lipinski definition) is 1. The van der Waals surface area contributed by atoms with E-state index in [2.05, 4.69) is 19.9 Å². The molecule has 1 fully saturated rings. The van der Waals surface area contributed by atoms with Crippen LogP contribution in [0.4, 0.5) is 19.3 Å². The van der Waals surface area contributed by atoms with Gasteiger partial charge >= 0.3 is 12.0 Å². The number of carbonyl (C=O) groups excluding carboxylic acids is 2. The molecule has 0 bridgehead atoms. The lowest BCUT2D eigenvalue weighted by atomic mass is 10.1. The molecular formula is C19H20F2N4O3. The van der Waals surface area contributed by atoms with Gasteiger partial charge in [-0.2, -0.15) is 0 Å². The number of nitrogens with one attached hydrogen (secondary N) is 1. The minimum Gasteiger partial charge on any atom is -0.465 e. The number of rotatable bonds is 4. The molecule has 0 unspecified atom stereocenters. The van der Waals surface area contributed by atoms with E-state index in [-0.39, 0.29) is 5.69 Å². The van der Waals surface area contributed by atoms with Crippen LogP contribution in [0.2, 0.25) is 0 Å². The standard InChI is InChI=1S/C19H20F2N4O3/c1-28-18(26)14-10-17(16(21)11-15(14)20)23-19(27)25-8-6-24(7-9-25)12-13-2-4-22-5-3-13/h2-5,10-11H,6-9,12H2,1H3,(H,23,27). The lowest BCUT2D eigenvalue weighted by molar-refractivity contribution is 0.0595. The number of benzene rings is 1. The molecule has 0 radical (unpaired) electrons. The number of esters is 1. The van der Waals surface area contributed by atoms with Crippen molar-refractivity contribution in [2.75, 3.05) is 38.6 Å². The number of piperazine rings is 1. The molecule has 3 rings (SSSR count). The molecule has 1 aromatic carbocycles. The van der Waals surface area contributed by atoms with Gasteiger partial charge in [0.2, 0.25) is 0 Å². The average molecular weight is 390 g/mol. The van der Waals surface area contributed by atoms with Gasteiger partial charge in [0.05, 0.1) is 18.4 Å². The highest BCUT2D eigenvalue weighted by atomic mass is 19.1. The number of ether oxygens (including phenoxy) is 1. The van der Waals surface area contributed by atoms with E-state index in [0.29, 0.717) is 32.2 Å². The van der Waals surface area contributed by atoms with Crippen LogP contribution < -0.4 is 5.32 Å². The maximum absolute atomic E-state index is 14.0. The second-order valence-electron chi connectivity index (χ2n) is 6.35. The Morgan fingerprint density at radius 2 is 1.79 bits per heavy atom. The third-order valence-corrected chi connectivity index (χ3v) is 4.52. The number of methoxy groups -OCH3 is 1. The summed E-state index contributed by atoms with van der Waals surface area (Å²) in [5, 5.41) is 2.40. The summed E-state index contributed by atoms with van der Waals surface area (Å²) in [7, 11) is 1.09. The second-order valence-corrected chi connectivity index (χ2v) is 6.35. The Kier molecular flexibility index (Phi) is 6.15. The highest BCUT2D eigenvalue weighted by Gasteiger charge is 2.23. The van der Waals surface area contributed by atoms with Crippen LogP contribution in [0.5, 0.6) is 0 Å². The van der Waals surface area contributed by atoms with E-state index in [4.69, 9.17) is 0 Å². The Bertz CT molecular complexity index is 856. The van der Waals surface area contributed by atoms with Crippen LogP contribution in [-0.2, 0) is 11.3 Å². The zero-order chi connectivity index (χ0) is 20.1. The highest BCUT2D eigenvalue weighted by molar-refractivity contribution is 5.94. The quantitative estimate of drug-likeness (QED) is 0.812. The Hall–Kier alpha value is -3.07. The maximum Gasteiger partial charge on any atom is 0.340 e. The summed E-state index contributed by atoms with van der Waals surface area (Å²) in [5.41, 5.74) is 0.420.